The number of benzene rings is 1. The summed E-state index contributed by atoms with van der Waals surface area (Å²) >= 11 is 0. The van der Waals surface area contributed by atoms with Gasteiger partial charge in [0.1, 0.15) is 5.75 Å². The van der Waals surface area contributed by atoms with Gasteiger partial charge in [-0.1, -0.05) is 58.4 Å². The Morgan fingerprint density at radius 3 is 2.21 bits per heavy atom. The highest BCUT2D eigenvalue weighted by molar-refractivity contribution is 6.74. The van der Waals surface area contributed by atoms with E-state index in [4.69, 9.17) is 13.9 Å². The number of ether oxygens (including phenoxy) is 2. The Labute approximate surface area is 201 Å². The average molecular weight is 477 g/mol. The molecule has 0 aliphatic heterocycles. The molecule has 0 spiro atoms. The number of aliphatic carboxylic acids is 1. The van der Waals surface area contributed by atoms with Crippen LogP contribution < -0.4 is 4.74 Å². The number of rotatable bonds is 11. The molecule has 1 aliphatic rings. The Morgan fingerprint density at radius 1 is 1.09 bits per heavy atom. The predicted molar refractivity (Wildman–Crippen MR) is 136 cm³/mol. The molecule has 0 radical (unpaired) electrons. The van der Waals surface area contributed by atoms with E-state index in [1.165, 1.54) is 0 Å². The molecule has 0 bridgehead atoms. The third-order valence-corrected chi connectivity index (χ3v) is 11.8. The second kappa shape index (κ2) is 10.7. The second-order valence-corrected chi connectivity index (χ2v) is 16.6. The molecule has 1 N–H and O–H groups in total. The molecule has 0 saturated heterocycles. The van der Waals surface area contributed by atoms with Crippen molar-refractivity contribution >= 4 is 14.3 Å². The van der Waals surface area contributed by atoms with E-state index >= 15 is 0 Å². The summed E-state index contributed by atoms with van der Waals surface area (Å²) in [4.78, 5) is 11.6. The van der Waals surface area contributed by atoms with Crippen molar-refractivity contribution in [1.29, 1.82) is 0 Å². The zero-order valence-corrected chi connectivity index (χ0v) is 23.0. The summed E-state index contributed by atoms with van der Waals surface area (Å²) < 4.78 is 18.2. The molecule has 186 valence electrons. The lowest BCUT2D eigenvalue weighted by molar-refractivity contribution is -0.139. The van der Waals surface area contributed by atoms with E-state index in [-0.39, 0.29) is 34.8 Å². The molecule has 0 unspecified atom stereocenters. The molecule has 0 amide bonds. The molecule has 0 saturated carbocycles. The van der Waals surface area contributed by atoms with Crippen LogP contribution in [0.1, 0.15) is 59.9 Å². The van der Waals surface area contributed by atoms with Crippen LogP contribution in [0.25, 0.3) is 0 Å². The van der Waals surface area contributed by atoms with Crippen molar-refractivity contribution in [1.82, 2.24) is 0 Å². The van der Waals surface area contributed by atoms with Crippen LogP contribution in [0.5, 0.6) is 5.75 Å². The molecule has 0 fully saturated rings. The average Bonchev–Trinajstić information content (AvgIpc) is 2.97. The number of methoxy groups -OCH3 is 1. The van der Waals surface area contributed by atoms with Gasteiger partial charge in [-0.15, -0.1) is 0 Å². The van der Waals surface area contributed by atoms with Gasteiger partial charge in [0.25, 0.3) is 0 Å². The Hall–Kier alpha value is -1.63. The second-order valence-electron chi connectivity index (χ2n) is 11.8. The molecule has 1 aliphatic carbocycles. The van der Waals surface area contributed by atoms with Crippen molar-refractivity contribution in [3.63, 3.8) is 0 Å². The first-order chi connectivity index (χ1) is 15.1. The van der Waals surface area contributed by atoms with Crippen molar-refractivity contribution in [3.8, 4) is 5.75 Å². The summed E-state index contributed by atoms with van der Waals surface area (Å²) in [5.74, 6) is 0.0719. The van der Waals surface area contributed by atoms with Crippen molar-refractivity contribution in [2.24, 2.45) is 17.3 Å². The maximum atomic E-state index is 11.6. The van der Waals surface area contributed by atoms with Crippen LogP contribution in [0, 0.1) is 17.3 Å². The topological polar surface area (TPSA) is 65.0 Å². The van der Waals surface area contributed by atoms with Gasteiger partial charge in [-0.25, -0.2) is 0 Å². The van der Waals surface area contributed by atoms with E-state index in [0.29, 0.717) is 13.2 Å². The van der Waals surface area contributed by atoms with Crippen molar-refractivity contribution in [2.45, 2.75) is 85.2 Å². The lowest BCUT2D eigenvalue weighted by Crippen LogP contribution is -2.43. The van der Waals surface area contributed by atoms with E-state index in [1.54, 1.807) is 7.11 Å². The molecular weight excluding hydrogens is 432 g/mol. The Bertz CT molecular complexity index is 820. The fourth-order valence-corrected chi connectivity index (χ4v) is 5.38. The zero-order valence-electron chi connectivity index (χ0n) is 22.0. The Balaban J connectivity index is 2.13. The first-order valence-electron chi connectivity index (χ1n) is 11.9. The summed E-state index contributed by atoms with van der Waals surface area (Å²) in [5.41, 5.74) is 2.12. The number of hydrogen-bond acceptors (Lipinski definition) is 4. The van der Waals surface area contributed by atoms with Gasteiger partial charge in [0.15, 0.2) is 8.32 Å². The van der Waals surface area contributed by atoms with Gasteiger partial charge in [-0.3, -0.25) is 4.79 Å². The van der Waals surface area contributed by atoms with E-state index in [9.17, 15) is 9.90 Å². The van der Waals surface area contributed by atoms with Crippen LogP contribution in [0.4, 0.5) is 0 Å². The molecule has 3 atom stereocenters. The van der Waals surface area contributed by atoms with Gasteiger partial charge in [0.2, 0.25) is 0 Å². The highest BCUT2D eigenvalue weighted by Crippen LogP contribution is 2.43. The molecule has 33 heavy (non-hydrogen) atoms. The number of hydrogen-bond donors (Lipinski definition) is 1. The summed E-state index contributed by atoms with van der Waals surface area (Å²) in [7, 11) is -0.189. The lowest BCUT2D eigenvalue weighted by Gasteiger charge is -2.40. The largest absolute Gasteiger partial charge is 0.497 e. The van der Waals surface area contributed by atoms with Crippen LogP contribution in [0.3, 0.4) is 0 Å². The standard InChI is InChI=1S/C27H44O5Si/c1-19-14-21(16-27(5,6)18-32-33(8,9)26(2,3)4)25(23(19)15-24(28)29)31-17-20-10-12-22(30-7)13-11-20/h10-14,21,23,25H,15-18H2,1-9H3,(H,28,29)/t21-,23+,25+/m1/s1. The minimum atomic E-state index is -1.84. The van der Waals surface area contributed by atoms with Crippen LogP contribution in [0.15, 0.2) is 35.9 Å². The minimum Gasteiger partial charge on any atom is -0.497 e. The van der Waals surface area contributed by atoms with Gasteiger partial charge in [0, 0.05) is 18.4 Å². The van der Waals surface area contributed by atoms with Gasteiger partial charge >= 0.3 is 5.97 Å². The normalized spacial score (nSPS) is 21.7. The lowest BCUT2D eigenvalue weighted by atomic mass is 9.80. The molecule has 2 rings (SSSR count). The molecule has 5 nitrogen and oxygen atoms in total. The van der Waals surface area contributed by atoms with Crippen LogP contribution in [-0.4, -0.2) is 39.2 Å². The number of carboxylic acids is 1. The van der Waals surface area contributed by atoms with Crippen LogP contribution >= 0.6 is 0 Å². The monoisotopic (exact) mass is 476 g/mol. The summed E-state index contributed by atoms with van der Waals surface area (Å²) in [6.07, 6.45) is 3.06. The first kappa shape index (κ1) is 27.6. The molecule has 1 aromatic carbocycles. The van der Waals surface area contributed by atoms with E-state index in [2.05, 4.69) is 53.8 Å². The highest BCUT2D eigenvalue weighted by atomic mass is 28.4. The van der Waals surface area contributed by atoms with Gasteiger partial charge < -0.3 is 19.0 Å². The maximum absolute atomic E-state index is 11.6. The van der Waals surface area contributed by atoms with Crippen LogP contribution in [-0.2, 0) is 20.6 Å². The Kier molecular flexibility index (Phi) is 8.99. The highest BCUT2D eigenvalue weighted by Gasteiger charge is 2.42. The van der Waals surface area contributed by atoms with Crippen LogP contribution in [0.2, 0.25) is 18.1 Å². The molecular formula is C27H44O5Si. The van der Waals surface area contributed by atoms with Gasteiger partial charge in [0.05, 0.1) is 26.2 Å². The SMILES string of the molecule is COc1ccc(CO[C@H]2[C@@H](CC(C)(C)CO[Si](C)(C)C(C)(C)C)C=C(C)[C@@H]2CC(=O)O)cc1. The summed E-state index contributed by atoms with van der Waals surface area (Å²) in [6, 6.07) is 7.83. The van der Waals surface area contributed by atoms with Crippen molar-refractivity contribution in [3.05, 3.63) is 41.5 Å². The van der Waals surface area contributed by atoms with Gasteiger partial charge in [-0.05, 0) is 54.6 Å². The fraction of sp³-hybridized carbons (Fsp3) is 0.667. The van der Waals surface area contributed by atoms with E-state index < -0.39 is 14.3 Å². The predicted octanol–water partition coefficient (Wildman–Crippen LogP) is 6.69. The summed E-state index contributed by atoms with van der Waals surface area (Å²) in [6.45, 7) is 19.0. The molecule has 1 aromatic rings. The fourth-order valence-electron chi connectivity index (χ4n) is 4.20. The first-order valence-corrected chi connectivity index (χ1v) is 14.8. The zero-order chi connectivity index (χ0) is 25.0. The van der Waals surface area contributed by atoms with Crippen molar-refractivity contribution < 1.29 is 23.8 Å². The van der Waals surface area contributed by atoms with Gasteiger partial charge in [-0.2, -0.15) is 0 Å². The van der Waals surface area contributed by atoms with Crippen molar-refractivity contribution in [2.75, 3.05) is 13.7 Å². The smallest absolute Gasteiger partial charge is 0.304 e. The Morgan fingerprint density at radius 2 is 1.70 bits per heavy atom. The molecule has 0 aromatic heterocycles. The molecule has 6 heteroatoms. The molecule has 0 heterocycles. The van der Waals surface area contributed by atoms with E-state index in [1.807, 2.05) is 31.2 Å². The third-order valence-electron chi connectivity index (χ3n) is 7.29. The minimum absolute atomic E-state index is 0.0448. The maximum Gasteiger partial charge on any atom is 0.304 e. The summed E-state index contributed by atoms with van der Waals surface area (Å²) in [5, 5.41) is 9.68. The number of carbonyl (C=O) groups is 1. The number of carboxylic acid groups (broad SMARTS) is 1. The van der Waals surface area contributed by atoms with E-state index in [0.717, 1.165) is 23.3 Å². The quantitative estimate of drug-likeness (QED) is 0.285. The third kappa shape index (κ3) is 7.69.